The number of carboxylic acids is 1. The van der Waals surface area contributed by atoms with Gasteiger partial charge >= 0.3 is 0 Å². The fourth-order valence-electron chi connectivity index (χ4n) is 2.85. The minimum absolute atomic E-state index is 0.0990. The van der Waals surface area contributed by atoms with Crippen LogP contribution in [0.3, 0.4) is 0 Å². The van der Waals surface area contributed by atoms with E-state index in [4.69, 9.17) is 16.0 Å². The second kappa shape index (κ2) is 6.20. The van der Waals surface area contributed by atoms with Gasteiger partial charge in [-0.15, -0.1) is 0 Å². The Morgan fingerprint density at radius 1 is 1.12 bits per heavy atom. The number of carbonyl (C=O) groups excluding carboxylic acids is 2. The number of aromatic carboxylic acids is 1. The van der Waals surface area contributed by atoms with Crippen LogP contribution in [0.5, 0.6) is 0 Å². The maximum atomic E-state index is 12.2. The molecule has 6 heteroatoms. The van der Waals surface area contributed by atoms with E-state index in [1.807, 2.05) is 24.3 Å². The molecular formula is C20H11ClNO4-. The smallest absolute Gasteiger partial charge is 0.256 e. The Kier molecular flexibility index (Phi) is 3.86. The first kappa shape index (κ1) is 16.2. The third-order valence-electron chi connectivity index (χ3n) is 4.09. The van der Waals surface area contributed by atoms with Gasteiger partial charge in [-0.1, -0.05) is 29.8 Å². The van der Waals surface area contributed by atoms with Crippen molar-refractivity contribution in [1.82, 2.24) is 0 Å². The van der Waals surface area contributed by atoms with Crippen LogP contribution in [0.15, 0.2) is 59.0 Å². The van der Waals surface area contributed by atoms with Gasteiger partial charge in [0.15, 0.2) is 0 Å². The topological polar surface area (TPSA) is 82.4 Å². The lowest BCUT2D eigenvalue weighted by atomic mass is 10.1. The fraction of sp³-hybridized carbons (Fsp3) is 0. The standard InChI is InChI=1S/C20H12ClNO4/c21-16-7-5-11(9-15(16)20(24)25)18-8-6-12(26-18)10-14-13-3-1-2-4-17(13)22-19(14)23/h1-10H,(H,22,23)(H,24,25)/p-1/b14-10-. The predicted octanol–water partition coefficient (Wildman–Crippen LogP) is 3.46. The molecule has 4 rings (SSSR count). The summed E-state index contributed by atoms with van der Waals surface area (Å²) >= 11 is 5.86. The minimum atomic E-state index is -1.36. The number of halogens is 1. The zero-order valence-corrected chi connectivity index (χ0v) is 14.0. The fourth-order valence-corrected chi connectivity index (χ4v) is 3.04. The lowest BCUT2D eigenvalue weighted by Crippen LogP contribution is -2.22. The number of benzene rings is 2. The Bertz CT molecular complexity index is 1080. The van der Waals surface area contributed by atoms with Gasteiger partial charge in [-0.05, 0) is 42.5 Å². The van der Waals surface area contributed by atoms with Gasteiger partial charge in [0.2, 0.25) is 0 Å². The Labute approximate surface area is 153 Å². The Hall–Kier alpha value is -3.31. The van der Waals surface area contributed by atoms with Gasteiger partial charge in [-0.3, -0.25) is 4.79 Å². The quantitative estimate of drug-likeness (QED) is 0.721. The van der Waals surface area contributed by atoms with Gasteiger partial charge in [0.25, 0.3) is 5.91 Å². The molecule has 5 nitrogen and oxygen atoms in total. The third kappa shape index (κ3) is 2.78. The van der Waals surface area contributed by atoms with E-state index in [1.54, 1.807) is 24.3 Å². The number of nitrogens with one attached hydrogen (secondary N) is 1. The highest BCUT2D eigenvalue weighted by molar-refractivity contribution is 6.35. The highest BCUT2D eigenvalue weighted by Crippen LogP contribution is 2.34. The average molecular weight is 365 g/mol. The zero-order chi connectivity index (χ0) is 18.3. The van der Waals surface area contributed by atoms with E-state index < -0.39 is 5.97 Å². The van der Waals surface area contributed by atoms with E-state index in [1.165, 1.54) is 12.1 Å². The molecule has 0 atom stereocenters. The van der Waals surface area contributed by atoms with Crippen LogP contribution in [0, 0.1) is 0 Å². The first-order chi connectivity index (χ1) is 12.5. The molecule has 0 saturated carbocycles. The van der Waals surface area contributed by atoms with Crippen LogP contribution in [-0.2, 0) is 4.79 Å². The molecule has 0 aliphatic carbocycles. The maximum absolute atomic E-state index is 12.2. The summed E-state index contributed by atoms with van der Waals surface area (Å²) in [6, 6.07) is 15.3. The Balaban J connectivity index is 1.71. The molecule has 0 spiro atoms. The third-order valence-corrected chi connectivity index (χ3v) is 4.42. The predicted molar refractivity (Wildman–Crippen MR) is 96.4 cm³/mol. The van der Waals surface area contributed by atoms with Gasteiger partial charge < -0.3 is 19.6 Å². The summed E-state index contributed by atoms with van der Waals surface area (Å²) in [5, 5.41) is 14.0. The first-order valence-electron chi connectivity index (χ1n) is 7.76. The normalized spacial score (nSPS) is 14.3. The SMILES string of the molecule is O=C1Nc2ccccc2/C1=C/c1ccc(-c2ccc(Cl)c(C(=O)[O-])c2)o1. The minimum Gasteiger partial charge on any atom is -0.545 e. The van der Waals surface area contributed by atoms with Crippen LogP contribution in [-0.4, -0.2) is 11.9 Å². The summed E-state index contributed by atoms with van der Waals surface area (Å²) in [5.41, 5.74) is 2.51. The number of amides is 1. The molecule has 1 N–H and O–H groups in total. The van der Waals surface area contributed by atoms with Crippen molar-refractivity contribution in [2.24, 2.45) is 0 Å². The van der Waals surface area contributed by atoms with E-state index in [0.717, 1.165) is 11.3 Å². The summed E-state index contributed by atoms with van der Waals surface area (Å²) in [4.78, 5) is 23.3. The monoisotopic (exact) mass is 364 g/mol. The molecule has 3 aromatic rings. The highest BCUT2D eigenvalue weighted by Gasteiger charge is 2.23. The molecule has 0 radical (unpaired) electrons. The van der Waals surface area contributed by atoms with Crippen LogP contribution < -0.4 is 10.4 Å². The average Bonchev–Trinajstić information content (AvgIpc) is 3.21. The molecule has 0 saturated heterocycles. The van der Waals surface area contributed by atoms with Crippen molar-refractivity contribution in [3.63, 3.8) is 0 Å². The summed E-state index contributed by atoms with van der Waals surface area (Å²) in [5.74, 6) is -0.616. The van der Waals surface area contributed by atoms with Crippen molar-refractivity contribution >= 4 is 40.8 Å². The largest absolute Gasteiger partial charge is 0.545 e. The Morgan fingerprint density at radius 2 is 1.92 bits per heavy atom. The van der Waals surface area contributed by atoms with Crippen LogP contribution in [0.25, 0.3) is 23.0 Å². The molecule has 0 unspecified atom stereocenters. The number of carbonyl (C=O) groups is 2. The summed E-state index contributed by atoms with van der Waals surface area (Å²) in [6.45, 7) is 0. The number of furan rings is 1. The number of rotatable bonds is 3. The van der Waals surface area contributed by atoms with Crippen molar-refractivity contribution in [2.45, 2.75) is 0 Å². The molecule has 1 aliphatic heterocycles. The number of hydrogen-bond donors (Lipinski definition) is 1. The lowest BCUT2D eigenvalue weighted by molar-refractivity contribution is -0.255. The van der Waals surface area contributed by atoms with Crippen molar-refractivity contribution in [3.8, 4) is 11.3 Å². The van der Waals surface area contributed by atoms with E-state index in [2.05, 4.69) is 5.32 Å². The molecule has 1 aromatic heterocycles. The number of anilines is 1. The van der Waals surface area contributed by atoms with Crippen molar-refractivity contribution in [3.05, 3.63) is 76.5 Å². The summed E-state index contributed by atoms with van der Waals surface area (Å²) in [6.07, 6.45) is 1.65. The molecule has 128 valence electrons. The molecule has 0 fully saturated rings. The molecule has 2 aromatic carbocycles. The lowest BCUT2D eigenvalue weighted by Gasteiger charge is -2.06. The molecular weight excluding hydrogens is 354 g/mol. The van der Waals surface area contributed by atoms with Gasteiger partial charge in [0.05, 0.1) is 11.5 Å². The summed E-state index contributed by atoms with van der Waals surface area (Å²) in [7, 11) is 0. The maximum Gasteiger partial charge on any atom is 0.256 e. The second-order valence-electron chi connectivity index (χ2n) is 5.74. The van der Waals surface area contributed by atoms with Crippen LogP contribution in [0.2, 0.25) is 5.02 Å². The second-order valence-corrected chi connectivity index (χ2v) is 6.15. The van der Waals surface area contributed by atoms with E-state index in [-0.39, 0.29) is 16.5 Å². The van der Waals surface area contributed by atoms with Crippen LogP contribution >= 0.6 is 11.6 Å². The van der Waals surface area contributed by atoms with Gasteiger partial charge in [-0.25, -0.2) is 0 Å². The number of para-hydroxylation sites is 1. The molecule has 0 bridgehead atoms. The van der Waals surface area contributed by atoms with Crippen LogP contribution in [0.4, 0.5) is 5.69 Å². The zero-order valence-electron chi connectivity index (χ0n) is 13.3. The number of fused-ring (bicyclic) bond motifs is 1. The molecule has 1 amide bonds. The summed E-state index contributed by atoms with van der Waals surface area (Å²) < 4.78 is 5.76. The number of carboxylic acid groups (broad SMARTS) is 1. The highest BCUT2D eigenvalue weighted by atomic mass is 35.5. The molecule has 2 heterocycles. The van der Waals surface area contributed by atoms with Gasteiger partial charge in [-0.2, -0.15) is 0 Å². The molecule has 26 heavy (non-hydrogen) atoms. The molecule has 1 aliphatic rings. The van der Waals surface area contributed by atoms with Crippen molar-refractivity contribution in [1.29, 1.82) is 0 Å². The van der Waals surface area contributed by atoms with Crippen LogP contribution in [0.1, 0.15) is 21.7 Å². The van der Waals surface area contributed by atoms with Gasteiger partial charge in [0.1, 0.15) is 11.5 Å². The number of hydrogen-bond acceptors (Lipinski definition) is 4. The van der Waals surface area contributed by atoms with E-state index >= 15 is 0 Å². The Morgan fingerprint density at radius 3 is 2.73 bits per heavy atom. The van der Waals surface area contributed by atoms with E-state index in [0.29, 0.717) is 22.7 Å². The van der Waals surface area contributed by atoms with Gasteiger partial charge in [0, 0.05) is 27.4 Å². The van der Waals surface area contributed by atoms with Crippen molar-refractivity contribution < 1.29 is 19.1 Å². The van der Waals surface area contributed by atoms with Crippen molar-refractivity contribution in [2.75, 3.05) is 5.32 Å². The first-order valence-corrected chi connectivity index (χ1v) is 8.14. The van der Waals surface area contributed by atoms with E-state index in [9.17, 15) is 14.7 Å².